The molecule has 1 amide bonds. The third-order valence-corrected chi connectivity index (χ3v) is 6.69. The molecule has 4 rings (SSSR count). The van der Waals surface area contributed by atoms with Crippen LogP contribution in [-0.4, -0.2) is 41.3 Å². The molecule has 6 heteroatoms. The maximum atomic E-state index is 12.8. The standard InChI is InChI=1S/C27H27N3O2S/c1-19-4-7-23(8-5-19)27(31)29-10-12-30(13-11-29)33-26-17-22(18-28)6-9-25(26)32-24-15-20(2)14-21(3)16-24/h4-9,14-17H,10-13H2,1-3H3. The number of aryl methyl sites for hydroxylation is 3. The maximum absolute atomic E-state index is 12.8. The van der Waals surface area contributed by atoms with Crippen LogP contribution in [0.5, 0.6) is 11.5 Å². The summed E-state index contributed by atoms with van der Waals surface area (Å²) in [6, 6.07) is 21.6. The summed E-state index contributed by atoms with van der Waals surface area (Å²) in [6.45, 7) is 8.90. The van der Waals surface area contributed by atoms with Crippen LogP contribution in [0.15, 0.2) is 65.6 Å². The third kappa shape index (κ3) is 5.75. The van der Waals surface area contributed by atoms with Crippen molar-refractivity contribution in [2.24, 2.45) is 0 Å². The van der Waals surface area contributed by atoms with E-state index in [0.717, 1.165) is 51.7 Å². The lowest BCUT2D eigenvalue weighted by atomic mass is 10.1. The summed E-state index contributed by atoms with van der Waals surface area (Å²) in [5, 5.41) is 9.38. The molecule has 0 atom stereocenters. The van der Waals surface area contributed by atoms with Crippen molar-refractivity contribution in [3.8, 4) is 17.6 Å². The van der Waals surface area contributed by atoms with Crippen molar-refractivity contribution in [2.75, 3.05) is 26.2 Å². The van der Waals surface area contributed by atoms with Crippen molar-refractivity contribution in [2.45, 2.75) is 25.7 Å². The minimum atomic E-state index is 0.0740. The van der Waals surface area contributed by atoms with Gasteiger partial charge in [0.2, 0.25) is 0 Å². The number of hydrogen-bond donors (Lipinski definition) is 0. The zero-order chi connectivity index (χ0) is 23.4. The molecule has 5 nitrogen and oxygen atoms in total. The predicted molar refractivity (Wildman–Crippen MR) is 132 cm³/mol. The highest BCUT2D eigenvalue weighted by Crippen LogP contribution is 2.36. The Morgan fingerprint density at radius 3 is 2.18 bits per heavy atom. The van der Waals surface area contributed by atoms with Gasteiger partial charge in [-0.05, 0) is 86.3 Å². The maximum Gasteiger partial charge on any atom is 0.253 e. The van der Waals surface area contributed by atoms with Crippen molar-refractivity contribution in [1.82, 2.24) is 9.21 Å². The van der Waals surface area contributed by atoms with Gasteiger partial charge in [0, 0.05) is 31.7 Å². The Hall–Kier alpha value is -3.27. The Labute approximate surface area is 199 Å². The van der Waals surface area contributed by atoms with E-state index in [-0.39, 0.29) is 5.91 Å². The SMILES string of the molecule is Cc1ccc(C(=O)N2CCN(Sc3cc(C#N)ccc3Oc3cc(C)cc(C)c3)CC2)cc1. The van der Waals surface area contributed by atoms with Gasteiger partial charge in [-0.3, -0.25) is 4.79 Å². The molecule has 0 bridgehead atoms. The fraction of sp³-hybridized carbons (Fsp3) is 0.259. The van der Waals surface area contributed by atoms with Gasteiger partial charge >= 0.3 is 0 Å². The number of piperazine rings is 1. The summed E-state index contributed by atoms with van der Waals surface area (Å²) in [4.78, 5) is 15.6. The summed E-state index contributed by atoms with van der Waals surface area (Å²) in [6.07, 6.45) is 0. The van der Waals surface area contributed by atoms with Crippen LogP contribution in [0, 0.1) is 32.1 Å². The van der Waals surface area contributed by atoms with Gasteiger partial charge in [-0.1, -0.05) is 23.8 Å². The first kappa shape index (κ1) is 22.9. The van der Waals surface area contributed by atoms with Crippen LogP contribution in [0.4, 0.5) is 0 Å². The first-order valence-corrected chi connectivity index (χ1v) is 11.8. The van der Waals surface area contributed by atoms with Gasteiger partial charge < -0.3 is 9.64 Å². The van der Waals surface area contributed by atoms with Crippen LogP contribution in [0.1, 0.15) is 32.6 Å². The van der Waals surface area contributed by atoms with Crippen LogP contribution in [0.2, 0.25) is 0 Å². The van der Waals surface area contributed by atoms with Crippen molar-refractivity contribution >= 4 is 17.9 Å². The average molecular weight is 458 g/mol. The molecule has 0 aliphatic carbocycles. The molecular weight excluding hydrogens is 430 g/mol. The topological polar surface area (TPSA) is 56.6 Å². The number of nitrogens with zero attached hydrogens (tertiary/aromatic N) is 3. The second kappa shape index (κ2) is 10.1. The molecule has 0 aromatic heterocycles. The number of amides is 1. The lowest BCUT2D eigenvalue weighted by molar-refractivity contribution is 0.0703. The van der Waals surface area contributed by atoms with Gasteiger partial charge in [-0.2, -0.15) is 5.26 Å². The molecule has 0 unspecified atom stereocenters. The molecule has 33 heavy (non-hydrogen) atoms. The minimum Gasteiger partial charge on any atom is -0.456 e. The molecule has 0 N–H and O–H groups in total. The van der Waals surface area contributed by atoms with Crippen molar-refractivity contribution in [3.05, 3.63) is 88.5 Å². The number of carbonyl (C=O) groups is 1. The summed E-state index contributed by atoms with van der Waals surface area (Å²) >= 11 is 1.58. The van der Waals surface area contributed by atoms with Crippen LogP contribution in [0.3, 0.4) is 0 Å². The largest absolute Gasteiger partial charge is 0.456 e. The van der Waals surface area contributed by atoms with E-state index in [4.69, 9.17) is 4.74 Å². The molecule has 1 saturated heterocycles. The zero-order valence-electron chi connectivity index (χ0n) is 19.2. The lowest BCUT2D eigenvalue weighted by Gasteiger charge is -2.34. The van der Waals surface area contributed by atoms with Gasteiger partial charge in [0.25, 0.3) is 5.91 Å². The molecule has 0 saturated carbocycles. The third-order valence-electron chi connectivity index (χ3n) is 5.55. The van der Waals surface area contributed by atoms with E-state index in [9.17, 15) is 10.1 Å². The molecule has 3 aromatic rings. The van der Waals surface area contributed by atoms with Gasteiger partial charge in [-0.25, -0.2) is 4.31 Å². The van der Waals surface area contributed by atoms with E-state index in [2.05, 4.69) is 16.4 Å². The minimum absolute atomic E-state index is 0.0740. The summed E-state index contributed by atoms with van der Waals surface area (Å²) in [5.74, 6) is 1.58. The normalized spacial score (nSPS) is 14.1. The number of ether oxygens (including phenoxy) is 1. The van der Waals surface area contributed by atoms with E-state index < -0.39 is 0 Å². The van der Waals surface area contributed by atoms with Crippen LogP contribution in [0.25, 0.3) is 0 Å². The summed E-state index contributed by atoms with van der Waals surface area (Å²) < 4.78 is 8.44. The lowest BCUT2D eigenvalue weighted by Crippen LogP contribution is -2.46. The van der Waals surface area contributed by atoms with E-state index in [1.807, 2.05) is 74.2 Å². The highest BCUT2D eigenvalue weighted by molar-refractivity contribution is 7.97. The summed E-state index contributed by atoms with van der Waals surface area (Å²) in [7, 11) is 0. The molecule has 0 spiro atoms. The van der Waals surface area contributed by atoms with Gasteiger partial charge in [0.15, 0.2) is 0 Å². The number of carbonyl (C=O) groups excluding carboxylic acids is 1. The molecule has 1 fully saturated rings. The van der Waals surface area contributed by atoms with Crippen molar-refractivity contribution in [3.63, 3.8) is 0 Å². The van der Waals surface area contributed by atoms with Crippen LogP contribution >= 0.6 is 11.9 Å². The fourth-order valence-electron chi connectivity index (χ4n) is 3.85. The Morgan fingerprint density at radius 2 is 1.55 bits per heavy atom. The molecule has 1 aliphatic rings. The smallest absolute Gasteiger partial charge is 0.253 e. The predicted octanol–water partition coefficient (Wildman–Crippen LogP) is 5.74. The monoisotopic (exact) mass is 457 g/mol. The van der Waals surface area contributed by atoms with E-state index in [1.54, 1.807) is 18.0 Å². The molecule has 0 radical (unpaired) electrons. The first-order chi connectivity index (χ1) is 15.9. The molecule has 1 heterocycles. The second-order valence-electron chi connectivity index (χ2n) is 8.38. The van der Waals surface area contributed by atoms with Crippen molar-refractivity contribution < 1.29 is 9.53 Å². The number of rotatable bonds is 5. The van der Waals surface area contributed by atoms with E-state index in [0.29, 0.717) is 18.7 Å². The van der Waals surface area contributed by atoms with Gasteiger partial charge in [0.1, 0.15) is 11.5 Å². The van der Waals surface area contributed by atoms with Gasteiger partial charge in [-0.15, -0.1) is 0 Å². The summed E-state index contributed by atoms with van der Waals surface area (Å²) in [5.41, 5.74) is 4.75. The Balaban J connectivity index is 1.45. The molecule has 3 aromatic carbocycles. The molecule has 1 aliphatic heterocycles. The fourth-order valence-corrected chi connectivity index (χ4v) is 4.86. The quantitative estimate of drug-likeness (QED) is 0.457. The number of benzene rings is 3. The van der Waals surface area contributed by atoms with E-state index in [1.165, 1.54) is 0 Å². The average Bonchev–Trinajstić information content (AvgIpc) is 2.80. The zero-order valence-corrected chi connectivity index (χ0v) is 20.0. The van der Waals surface area contributed by atoms with E-state index >= 15 is 0 Å². The Bertz CT molecular complexity index is 1170. The van der Waals surface area contributed by atoms with Gasteiger partial charge in [0.05, 0.1) is 16.5 Å². The molecule has 168 valence electrons. The first-order valence-electron chi connectivity index (χ1n) is 11.0. The Morgan fingerprint density at radius 1 is 0.879 bits per heavy atom. The second-order valence-corrected chi connectivity index (χ2v) is 9.52. The number of hydrogen-bond acceptors (Lipinski definition) is 5. The van der Waals surface area contributed by atoms with Crippen LogP contribution in [-0.2, 0) is 0 Å². The number of nitriles is 1. The molecular formula is C27H27N3O2S. The van der Waals surface area contributed by atoms with Crippen molar-refractivity contribution in [1.29, 1.82) is 5.26 Å². The highest BCUT2D eigenvalue weighted by atomic mass is 32.2. The van der Waals surface area contributed by atoms with Crippen LogP contribution < -0.4 is 4.74 Å². The highest BCUT2D eigenvalue weighted by Gasteiger charge is 2.23. The Kier molecular flexibility index (Phi) is 7.02.